The Bertz CT molecular complexity index is 692. The molecule has 0 N–H and O–H groups in total. The summed E-state index contributed by atoms with van der Waals surface area (Å²) >= 11 is 1.72. The van der Waals surface area contributed by atoms with Crippen LogP contribution in [-0.4, -0.2) is 25.3 Å². The topological polar surface area (TPSA) is 43.1 Å². The van der Waals surface area contributed by atoms with Gasteiger partial charge >= 0.3 is 0 Å². The third-order valence-corrected chi connectivity index (χ3v) is 3.97. The zero-order valence-electron chi connectivity index (χ0n) is 10.9. The molecular formula is C14H16N4S. The van der Waals surface area contributed by atoms with Gasteiger partial charge < -0.3 is 0 Å². The zero-order valence-corrected chi connectivity index (χ0v) is 11.7. The predicted octanol–water partition coefficient (Wildman–Crippen LogP) is 3.56. The van der Waals surface area contributed by atoms with Crippen LogP contribution in [-0.2, 0) is 0 Å². The number of aromatic nitrogens is 4. The van der Waals surface area contributed by atoms with Crippen LogP contribution in [0.25, 0.3) is 16.6 Å². The molecule has 3 rings (SSSR count). The minimum atomic E-state index is 0.842. The summed E-state index contributed by atoms with van der Waals surface area (Å²) in [5.74, 6) is 1.08. The largest absolute Gasteiger partial charge is 0.236 e. The van der Waals surface area contributed by atoms with Crippen molar-refractivity contribution in [3.8, 4) is 0 Å². The number of nitrogens with zero attached hydrogens (tertiary/aromatic N) is 4. The lowest BCUT2D eigenvalue weighted by atomic mass is 10.2. The molecule has 0 atom stereocenters. The standard InChI is InChI=1S/C14H16N4S/c1-2-3-6-9-19-14-16-13-11-7-4-5-8-12(11)15-10-18(13)17-14/h4-5,7-8,10H,2-3,6,9H2,1H3. The second kappa shape index (κ2) is 5.57. The molecule has 19 heavy (non-hydrogen) atoms. The van der Waals surface area contributed by atoms with Gasteiger partial charge in [0.2, 0.25) is 5.16 Å². The van der Waals surface area contributed by atoms with Crippen molar-refractivity contribution in [3.63, 3.8) is 0 Å². The first-order valence-electron chi connectivity index (χ1n) is 6.61. The van der Waals surface area contributed by atoms with Crippen LogP contribution < -0.4 is 0 Å². The Morgan fingerprint density at radius 1 is 1.21 bits per heavy atom. The summed E-state index contributed by atoms with van der Waals surface area (Å²) in [4.78, 5) is 9.00. The molecule has 0 unspecified atom stereocenters. The molecule has 0 aliphatic rings. The van der Waals surface area contributed by atoms with E-state index in [4.69, 9.17) is 0 Å². The van der Waals surface area contributed by atoms with E-state index in [1.807, 2.05) is 24.3 Å². The second-order valence-electron chi connectivity index (χ2n) is 4.48. The maximum Gasteiger partial charge on any atom is 0.209 e. The van der Waals surface area contributed by atoms with Gasteiger partial charge in [0.25, 0.3) is 0 Å². The molecule has 0 saturated heterocycles. The lowest BCUT2D eigenvalue weighted by Crippen LogP contribution is -1.90. The monoisotopic (exact) mass is 272 g/mol. The Hall–Kier alpha value is -1.62. The van der Waals surface area contributed by atoms with Gasteiger partial charge in [0, 0.05) is 11.1 Å². The van der Waals surface area contributed by atoms with Gasteiger partial charge in [-0.2, -0.15) is 0 Å². The van der Waals surface area contributed by atoms with Crippen molar-refractivity contribution in [2.75, 3.05) is 5.75 Å². The number of fused-ring (bicyclic) bond motifs is 3. The van der Waals surface area contributed by atoms with Crippen molar-refractivity contribution >= 4 is 28.3 Å². The first-order valence-corrected chi connectivity index (χ1v) is 7.60. The van der Waals surface area contributed by atoms with Crippen molar-refractivity contribution in [2.24, 2.45) is 0 Å². The number of unbranched alkanes of at least 4 members (excludes halogenated alkanes) is 2. The maximum atomic E-state index is 4.61. The Labute approximate surface area is 116 Å². The van der Waals surface area contributed by atoms with Crippen LogP contribution in [0.5, 0.6) is 0 Å². The van der Waals surface area contributed by atoms with E-state index in [0.717, 1.165) is 27.5 Å². The van der Waals surface area contributed by atoms with Crippen LogP contribution in [0.1, 0.15) is 26.2 Å². The number of benzene rings is 1. The number of rotatable bonds is 5. The van der Waals surface area contributed by atoms with Crippen LogP contribution >= 0.6 is 11.8 Å². The average molecular weight is 272 g/mol. The van der Waals surface area contributed by atoms with Gasteiger partial charge in [0.05, 0.1) is 5.52 Å². The minimum absolute atomic E-state index is 0.842. The molecule has 0 aliphatic heterocycles. The molecule has 98 valence electrons. The molecule has 0 aliphatic carbocycles. The Kier molecular flexibility index (Phi) is 3.64. The molecular weight excluding hydrogens is 256 g/mol. The molecule has 1 aromatic carbocycles. The van der Waals surface area contributed by atoms with Crippen LogP contribution in [0.4, 0.5) is 0 Å². The fourth-order valence-electron chi connectivity index (χ4n) is 2.04. The highest BCUT2D eigenvalue weighted by atomic mass is 32.2. The van der Waals surface area contributed by atoms with E-state index in [0.29, 0.717) is 0 Å². The van der Waals surface area contributed by atoms with E-state index in [2.05, 4.69) is 22.0 Å². The van der Waals surface area contributed by atoms with Crippen molar-refractivity contribution in [1.82, 2.24) is 19.6 Å². The lowest BCUT2D eigenvalue weighted by molar-refractivity contribution is 0.776. The van der Waals surface area contributed by atoms with E-state index in [1.54, 1.807) is 22.6 Å². The highest BCUT2D eigenvalue weighted by Crippen LogP contribution is 2.20. The summed E-state index contributed by atoms with van der Waals surface area (Å²) in [6, 6.07) is 8.03. The second-order valence-corrected chi connectivity index (χ2v) is 5.54. The smallest absolute Gasteiger partial charge is 0.209 e. The lowest BCUT2D eigenvalue weighted by Gasteiger charge is -1.96. The molecule has 0 amide bonds. The highest BCUT2D eigenvalue weighted by molar-refractivity contribution is 7.99. The van der Waals surface area contributed by atoms with Crippen LogP contribution in [0.2, 0.25) is 0 Å². The van der Waals surface area contributed by atoms with Gasteiger partial charge in [-0.15, -0.1) is 5.10 Å². The van der Waals surface area contributed by atoms with Gasteiger partial charge in [-0.25, -0.2) is 14.5 Å². The molecule has 0 bridgehead atoms. The van der Waals surface area contributed by atoms with Gasteiger partial charge in [-0.3, -0.25) is 0 Å². The van der Waals surface area contributed by atoms with E-state index >= 15 is 0 Å². The summed E-state index contributed by atoms with van der Waals surface area (Å²) < 4.78 is 1.77. The Morgan fingerprint density at radius 2 is 2.11 bits per heavy atom. The molecule has 0 fully saturated rings. The number of hydrogen-bond acceptors (Lipinski definition) is 4. The Balaban J connectivity index is 1.90. The molecule has 5 heteroatoms. The van der Waals surface area contributed by atoms with Gasteiger partial charge in [-0.05, 0) is 18.6 Å². The molecule has 0 spiro atoms. The van der Waals surface area contributed by atoms with Gasteiger partial charge in [-0.1, -0.05) is 43.7 Å². The molecule has 4 nitrogen and oxygen atoms in total. The fourth-order valence-corrected chi connectivity index (χ4v) is 2.86. The van der Waals surface area contributed by atoms with E-state index in [9.17, 15) is 0 Å². The third kappa shape index (κ3) is 2.56. The number of hydrogen-bond donors (Lipinski definition) is 0. The minimum Gasteiger partial charge on any atom is -0.236 e. The molecule has 3 aromatic rings. The van der Waals surface area contributed by atoms with Crippen LogP contribution in [0, 0.1) is 0 Å². The van der Waals surface area contributed by atoms with E-state index in [1.165, 1.54) is 19.3 Å². The first kappa shape index (κ1) is 12.4. The molecule has 2 heterocycles. The van der Waals surface area contributed by atoms with Gasteiger partial charge in [0.15, 0.2) is 5.65 Å². The summed E-state index contributed by atoms with van der Waals surface area (Å²) in [6.07, 6.45) is 5.47. The normalized spacial score (nSPS) is 11.4. The van der Waals surface area contributed by atoms with Crippen molar-refractivity contribution in [2.45, 2.75) is 31.3 Å². The summed E-state index contributed by atoms with van der Waals surface area (Å²) in [5, 5.41) is 6.36. The average Bonchev–Trinajstić information content (AvgIpc) is 2.87. The zero-order chi connectivity index (χ0) is 13.1. The first-order chi connectivity index (χ1) is 9.38. The SMILES string of the molecule is CCCCCSc1nc2c3ccccc3ncn2n1. The van der Waals surface area contributed by atoms with Crippen molar-refractivity contribution in [3.05, 3.63) is 30.6 Å². The summed E-state index contributed by atoms with van der Waals surface area (Å²) in [5.41, 5.74) is 1.86. The van der Waals surface area contributed by atoms with Crippen LogP contribution in [0.3, 0.4) is 0 Å². The fraction of sp³-hybridized carbons (Fsp3) is 0.357. The quantitative estimate of drug-likeness (QED) is 0.526. The van der Waals surface area contributed by atoms with E-state index in [-0.39, 0.29) is 0 Å². The third-order valence-electron chi connectivity index (χ3n) is 3.04. The summed E-state index contributed by atoms with van der Waals surface area (Å²) in [6.45, 7) is 2.21. The number of para-hydroxylation sites is 1. The number of thioether (sulfide) groups is 1. The van der Waals surface area contributed by atoms with E-state index < -0.39 is 0 Å². The highest BCUT2D eigenvalue weighted by Gasteiger charge is 2.07. The van der Waals surface area contributed by atoms with Crippen molar-refractivity contribution in [1.29, 1.82) is 0 Å². The van der Waals surface area contributed by atoms with Gasteiger partial charge in [0.1, 0.15) is 6.33 Å². The predicted molar refractivity (Wildman–Crippen MR) is 78.5 cm³/mol. The Morgan fingerprint density at radius 3 is 3.00 bits per heavy atom. The van der Waals surface area contributed by atoms with Crippen LogP contribution in [0.15, 0.2) is 35.7 Å². The maximum absolute atomic E-state index is 4.61. The molecule has 0 radical (unpaired) electrons. The molecule has 2 aromatic heterocycles. The summed E-state index contributed by atoms with van der Waals surface area (Å²) in [7, 11) is 0. The van der Waals surface area contributed by atoms with Crippen molar-refractivity contribution < 1.29 is 0 Å². The molecule has 0 saturated carbocycles.